The van der Waals surface area contributed by atoms with Crippen molar-refractivity contribution >= 4 is 5.91 Å². The van der Waals surface area contributed by atoms with Gasteiger partial charge in [0.15, 0.2) is 0 Å². The Labute approximate surface area is 164 Å². The Hall–Kier alpha value is -0.950. The summed E-state index contributed by atoms with van der Waals surface area (Å²) in [4.78, 5) is 14.6. The van der Waals surface area contributed by atoms with Gasteiger partial charge in [0, 0.05) is 25.6 Å². The summed E-state index contributed by atoms with van der Waals surface area (Å²) < 4.78 is 0. The number of unbranched alkanes of at least 4 members (excludes halogenated alkanes) is 2. The van der Waals surface area contributed by atoms with Crippen molar-refractivity contribution in [2.45, 2.75) is 89.0 Å². The molecule has 0 aromatic rings. The summed E-state index contributed by atoms with van der Waals surface area (Å²) >= 11 is 0. The number of fused-ring (bicyclic) bond motifs is 1. The molecule has 0 aromatic heterocycles. The minimum atomic E-state index is -0.812. The molecule has 2 aliphatic heterocycles. The molecule has 0 unspecified atom stereocenters. The van der Waals surface area contributed by atoms with Gasteiger partial charge in [-0.2, -0.15) is 0 Å². The summed E-state index contributed by atoms with van der Waals surface area (Å²) in [5, 5.41) is 27.8. The van der Waals surface area contributed by atoms with Gasteiger partial charge in [0.05, 0.1) is 18.2 Å². The maximum atomic E-state index is 12.3. The Balaban J connectivity index is 2.04. The van der Waals surface area contributed by atoms with Crippen LogP contribution in [-0.2, 0) is 4.79 Å². The SMILES string of the molecule is CCCCC[C@H](O)[C@H](O)[C@@H]1C=CC[C@H]2CC(=O)NCCCCNCCCN21. The lowest BCUT2D eigenvalue weighted by molar-refractivity contribution is -0.123. The monoisotopic (exact) mass is 381 g/mol. The molecule has 156 valence electrons. The van der Waals surface area contributed by atoms with Gasteiger partial charge >= 0.3 is 0 Å². The topological polar surface area (TPSA) is 84.8 Å². The van der Waals surface area contributed by atoms with Gasteiger partial charge in [0.1, 0.15) is 0 Å². The zero-order valence-electron chi connectivity index (χ0n) is 16.9. The van der Waals surface area contributed by atoms with Crippen LogP contribution in [0, 0.1) is 0 Å². The Kier molecular flexibility index (Phi) is 10.3. The van der Waals surface area contributed by atoms with Crippen LogP contribution in [0.5, 0.6) is 0 Å². The van der Waals surface area contributed by atoms with Crippen LogP contribution in [-0.4, -0.2) is 71.5 Å². The molecule has 0 saturated carbocycles. The third-order valence-corrected chi connectivity index (χ3v) is 5.73. The lowest BCUT2D eigenvalue weighted by Gasteiger charge is -2.42. The van der Waals surface area contributed by atoms with Crippen LogP contribution in [0.3, 0.4) is 0 Å². The fraction of sp³-hybridized carbons (Fsp3) is 0.857. The van der Waals surface area contributed by atoms with Crippen LogP contribution in [0.15, 0.2) is 12.2 Å². The number of nitrogens with zero attached hydrogens (tertiary/aromatic N) is 1. The summed E-state index contributed by atoms with van der Waals surface area (Å²) in [7, 11) is 0. The molecule has 0 spiro atoms. The normalized spacial score (nSPS) is 28.2. The van der Waals surface area contributed by atoms with Crippen molar-refractivity contribution in [1.29, 1.82) is 0 Å². The second-order valence-corrected chi connectivity index (χ2v) is 7.96. The van der Waals surface area contributed by atoms with E-state index in [1.807, 2.05) is 6.08 Å². The molecular formula is C21H39N3O3. The molecule has 27 heavy (non-hydrogen) atoms. The molecule has 0 aliphatic carbocycles. The Morgan fingerprint density at radius 2 is 1.96 bits per heavy atom. The molecule has 1 saturated heterocycles. The largest absolute Gasteiger partial charge is 0.390 e. The Morgan fingerprint density at radius 3 is 2.78 bits per heavy atom. The van der Waals surface area contributed by atoms with Crippen LogP contribution < -0.4 is 10.6 Å². The maximum absolute atomic E-state index is 12.3. The first-order chi connectivity index (χ1) is 13.1. The molecule has 0 aromatic carbocycles. The fourth-order valence-corrected chi connectivity index (χ4v) is 4.11. The summed E-state index contributed by atoms with van der Waals surface area (Å²) in [6, 6.07) is -0.142. The van der Waals surface area contributed by atoms with Crippen molar-refractivity contribution in [3.63, 3.8) is 0 Å². The van der Waals surface area contributed by atoms with E-state index in [2.05, 4.69) is 28.5 Å². The second kappa shape index (κ2) is 12.5. The van der Waals surface area contributed by atoms with Gasteiger partial charge in [-0.15, -0.1) is 0 Å². The number of aliphatic hydroxyl groups is 2. The van der Waals surface area contributed by atoms with Crippen LogP contribution in [0.2, 0.25) is 0 Å². The van der Waals surface area contributed by atoms with Crippen LogP contribution in [0.25, 0.3) is 0 Å². The summed E-state index contributed by atoms with van der Waals surface area (Å²) in [6.07, 6.45) is 10.6. The van der Waals surface area contributed by atoms with E-state index in [9.17, 15) is 15.0 Å². The van der Waals surface area contributed by atoms with Gasteiger partial charge in [-0.25, -0.2) is 0 Å². The summed E-state index contributed by atoms with van der Waals surface area (Å²) in [6.45, 7) is 5.59. The zero-order chi connectivity index (χ0) is 19.5. The van der Waals surface area contributed by atoms with Crippen LogP contribution in [0.4, 0.5) is 0 Å². The van der Waals surface area contributed by atoms with Crippen molar-refractivity contribution in [3.8, 4) is 0 Å². The third kappa shape index (κ3) is 7.53. The molecule has 4 N–H and O–H groups in total. The average Bonchev–Trinajstić information content (AvgIpc) is 2.68. The molecule has 1 fully saturated rings. The van der Waals surface area contributed by atoms with Crippen molar-refractivity contribution < 1.29 is 15.0 Å². The van der Waals surface area contributed by atoms with Gasteiger partial charge in [0.25, 0.3) is 0 Å². The first-order valence-corrected chi connectivity index (χ1v) is 10.9. The smallest absolute Gasteiger partial charge is 0.221 e. The number of hydrogen-bond acceptors (Lipinski definition) is 5. The predicted octanol–water partition coefficient (Wildman–Crippen LogP) is 1.57. The lowest BCUT2D eigenvalue weighted by atomic mass is 9.92. The highest BCUT2D eigenvalue weighted by molar-refractivity contribution is 5.76. The molecule has 2 heterocycles. The minimum Gasteiger partial charge on any atom is -0.390 e. The fourth-order valence-electron chi connectivity index (χ4n) is 4.11. The lowest BCUT2D eigenvalue weighted by Crippen LogP contribution is -2.54. The van der Waals surface area contributed by atoms with Gasteiger partial charge in [0.2, 0.25) is 5.91 Å². The van der Waals surface area contributed by atoms with E-state index in [-0.39, 0.29) is 18.0 Å². The van der Waals surface area contributed by atoms with Crippen molar-refractivity contribution in [2.75, 3.05) is 26.2 Å². The van der Waals surface area contributed by atoms with E-state index in [0.717, 1.165) is 71.1 Å². The number of aliphatic hydroxyl groups excluding tert-OH is 2. The Bertz CT molecular complexity index is 458. The van der Waals surface area contributed by atoms with Crippen LogP contribution in [0.1, 0.15) is 64.7 Å². The van der Waals surface area contributed by atoms with Gasteiger partial charge in [-0.3, -0.25) is 9.69 Å². The van der Waals surface area contributed by atoms with E-state index in [4.69, 9.17) is 0 Å². The summed E-state index contributed by atoms with van der Waals surface area (Å²) in [5.74, 6) is 0.0873. The van der Waals surface area contributed by atoms with Crippen LogP contribution >= 0.6 is 0 Å². The highest BCUT2D eigenvalue weighted by Gasteiger charge is 2.35. The molecular weight excluding hydrogens is 342 g/mol. The number of carbonyl (C=O) groups excluding carboxylic acids is 1. The highest BCUT2D eigenvalue weighted by atomic mass is 16.3. The third-order valence-electron chi connectivity index (χ3n) is 5.73. The molecule has 4 atom stereocenters. The van der Waals surface area contributed by atoms with Gasteiger partial charge < -0.3 is 20.8 Å². The van der Waals surface area contributed by atoms with E-state index in [1.165, 1.54) is 0 Å². The summed E-state index contributed by atoms with van der Waals surface area (Å²) in [5.41, 5.74) is 0. The molecule has 1 amide bonds. The first kappa shape index (κ1) is 22.3. The van der Waals surface area contributed by atoms with E-state index < -0.39 is 12.2 Å². The second-order valence-electron chi connectivity index (χ2n) is 7.96. The molecule has 0 bridgehead atoms. The van der Waals surface area contributed by atoms with E-state index in [0.29, 0.717) is 12.8 Å². The van der Waals surface area contributed by atoms with E-state index >= 15 is 0 Å². The van der Waals surface area contributed by atoms with Gasteiger partial charge in [-0.05, 0) is 45.2 Å². The van der Waals surface area contributed by atoms with Crippen molar-refractivity contribution in [1.82, 2.24) is 15.5 Å². The number of nitrogens with one attached hydrogen (secondary N) is 2. The van der Waals surface area contributed by atoms with Crippen molar-refractivity contribution in [3.05, 3.63) is 12.2 Å². The first-order valence-electron chi connectivity index (χ1n) is 10.9. The highest BCUT2D eigenvalue weighted by Crippen LogP contribution is 2.25. The number of rotatable bonds is 6. The van der Waals surface area contributed by atoms with E-state index in [1.54, 1.807) is 0 Å². The molecule has 2 rings (SSSR count). The number of amides is 1. The minimum absolute atomic E-state index is 0.0817. The average molecular weight is 382 g/mol. The van der Waals surface area contributed by atoms with Gasteiger partial charge in [-0.1, -0.05) is 38.3 Å². The quantitative estimate of drug-likeness (QED) is 0.415. The molecule has 6 nitrogen and oxygen atoms in total. The Morgan fingerprint density at radius 1 is 1.19 bits per heavy atom. The predicted molar refractivity (Wildman–Crippen MR) is 109 cm³/mol. The standard InChI is InChI=1S/C21H39N3O3/c1-2-3-4-11-19(25)21(27)18-10-7-9-17-16-20(26)23-14-6-5-12-22-13-8-15-24(17)18/h7,10,17-19,21-22,25,27H,2-6,8-9,11-16H2,1H3,(H,23,26)/t17-,18-,19-,21+/m0/s1. The zero-order valence-corrected chi connectivity index (χ0v) is 16.9. The number of hydrogen-bond donors (Lipinski definition) is 4. The van der Waals surface area contributed by atoms with Crippen molar-refractivity contribution in [2.24, 2.45) is 0 Å². The number of carbonyl (C=O) groups is 1. The molecule has 0 radical (unpaired) electrons. The molecule has 6 heteroatoms. The maximum Gasteiger partial charge on any atom is 0.221 e. The molecule has 2 aliphatic rings.